The van der Waals surface area contributed by atoms with Crippen LogP contribution in [0.5, 0.6) is 0 Å². The van der Waals surface area contributed by atoms with Crippen LogP contribution in [0.25, 0.3) is 22.4 Å². The highest BCUT2D eigenvalue weighted by Gasteiger charge is 2.20. The molecule has 1 fully saturated rings. The summed E-state index contributed by atoms with van der Waals surface area (Å²) in [5, 5.41) is 0. The van der Waals surface area contributed by atoms with Crippen molar-refractivity contribution in [1.82, 2.24) is 19.9 Å². The molecular formula is C19H22N6. The number of benzene rings is 1. The highest BCUT2D eigenvalue weighted by Crippen LogP contribution is 2.28. The van der Waals surface area contributed by atoms with Gasteiger partial charge in [0.15, 0.2) is 17.0 Å². The number of anilines is 2. The van der Waals surface area contributed by atoms with Crippen LogP contribution in [-0.2, 0) is 0 Å². The van der Waals surface area contributed by atoms with Gasteiger partial charge in [-0.2, -0.15) is 9.97 Å². The van der Waals surface area contributed by atoms with E-state index in [9.17, 15) is 0 Å². The van der Waals surface area contributed by atoms with E-state index in [2.05, 4.69) is 14.9 Å². The van der Waals surface area contributed by atoms with Crippen LogP contribution in [-0.4, -0.2) is 47.1 Å². The molecule has 1 aromatic carbocycles. The van der Waals surface area contributed by atoms with Crippen molar-refractivity contribution in [2.24, 2.45) is 0 Å². The molecule has 0 aliphatic carbocycles. The minimum absolute atomic E-state index is 0.652. The Balaban J connectivity index is 1.88. The zero-order valence-corrected chi connectivity index (χ0v) is 14.7. The second kappa shape index (κ2) is 6.63. The van der Waals surface area contributed by atoms with Crippen molar-refractivity contribution in [1.29, 1.82) is 0 Å². The monoisotopic (exact) mass is 334 g/mol. The number of nitrogens with zero attached hydrogens (tertiary/aromatic N) is 6. The normalized spacial score (nSPS) is 14.7. The van der Waals surface area contributed by atoms with Crippen molar-refractivity contribution in [3.05, 3.63) is 36.5 Å². The molecule has 0 saturated carbocycles. The maximum absolute atomic E-state index is 4.87. The van der Waals surface area contributed by atoms with Crippen molar-refractivity contribution in [2.75, 3.05) is 37.0 Å². The second-order valence-corrected chi connectivity index (χ2v) is 6.58. The summed E-state index contributed by atoms with van der Waals surface area (Å²) in [7, 11) is 3.90. The van der Waals surface area contributed by atoms with E-state index in [4.69, 9.17) is 9.97 Å². The molecule has 3 heterocycles. The number of fused-ring (bicyclic) bond motifs is 1. The van der Waals surface area contributed by atoms with Crippen LogP contribution >= 0.6 is 0 Å². The molecule has 0 radical (unpaired) electrons. The molecule has 0 atom stereocenters. The Kier molecular flexibility index (Phi) is 4.17. The van der Waals surface area contributed by atoms with Gasteiger partial charge in [0, 0.05) is 32.7 Å². The van der Waals surface area contributed by atoms with Gasteiger partial charge in [-0.05, 0) is 19.3 Å². The molecule has 2 aromatic heterocycles. The minimum atomic E-state index is 0.652. The number of rotatable bonds is 3. The Morgan fingerprint density at radius 1 is 0.920 bits per heavy atom. The molecule has 1 aliphatic heterocycles. The Bertz CT molecular complexity index is 872. The van der Waals surface area contributed by atoms with Crippen LogP contribution in [0.3, 0.4) is 0 Å². The van der Waals surface area contributed by atoms with Crippen LogP contribution in [0.2, 0.25) is 0 Å². The molecule has 1 aliphatic rings. The summed E-state index contributed by atoms with van der Waals surface area (Å²) >= 11 is 0. The third-order valence-electron chi connectivity index (χ3n) is 4.50. The predicted molar refractivity (Wildman–Crippen MR) is 101 cm³/mol. The highest BCUT2D eigenvalue weighted by molar-refractivity contribution is 5.86. The van der Waals surface area contributed by atoms with Gasteiger partial charge >= 0.3 is 0 Å². The van der Waals surface area contributed by atoms with Gasteiger partial charge in [-0.3, -0.25) is 0 Å². The van der Waals surface area contributed by atoms with Gasteiger partial charge < -0.3 is 9.80 Å². The maximum Gasteiger partial charge on any atom is 0.228 e. The van der Waals surface area contributed by atoms with Gasteiger partial charge in [-0.1, -0.05) is 30.3 Å². The third kappa shape index (κ3) is 3.12. The summed E-state index contributed by atoms with van der Waals surface area (Å²) in [5.41, 5.74) is 3.35. The highest BCUT2D eigenvalue weighted by atomic mass is 15.3. The fourth-order valence-corrected chi connectivity index (χ4v) is 3.16. The summed E-state index contributed by atoms with van der Waals surface area (Å²) in [6, 6.07) is 10.1. The lowest BCUT2D eigenvalue weighted by Crippen LogP contribution is -2.31. The Morgan fingerprint density at radius 3 is 2.40 bits per heavy atom. The predicted octanol–water partition coefficient (Wildman–Crippen LogP) is 3.14. The lowest BCUT2D eigenvalue weighted by atomic mass is 10.1. The van der Waals surface area contributed by atoms with E-state index in [0.717, 1.165) is 35.7 Å². The zero-order valence-electron chi connectivity index (χ0n) is 14.7. The molecular weight excluding hydrogens is 312 g/mol. The van der Waals surface area contributed by atoms with Gasteiger partial charge in [0.25, 0.3) is 0 Å². The Morgan fingerprint density at radius 2 is 1.68 bits per heavy atom. The topological polar surface area (TPSA) is 58.0 Å². The average Bonchev–Trinajstić information content (AvgIpc) is 2.68. The third-order valence-corrected chi connectivity index (χ3v) is 4.50. The van der Waals surface area contributed by atoms with Crippen LogP contribution in [0.4, 0.5) is 11.8 Å². The molecule has 25 heavy (non-hydrogen) atoms. The first kappa shape index (κ1) is 15.7. The fourth-order valence-electron chi connectivity index (χ4n) is 3.16. The molecule has 4 rings (SSSR count). The van der Waals surface area contributed by atoms with Crippen molar-refractivity contribution >= 4 is 22.9 Å². The molecule has 6 nitrogen and oxygen atoms in total. The van der Waals surface area contributed by atoms with Crippen LogP contribution in [0.15, 0.2) is 36.5 Å². The molecule has 128 valence electrons. The molecule has 1 saturated heterocycles. The standard InChI is InChI=1S/C19H22N6/c1-24(2)19-22-17-16(18(23-19)25-11-7-4-8-12-25)21-15(13-20-17)14-9-5-3-6-10-14/h3,5-6,9-10,13H,4,7-8,11-12H2,1-2H3. The van der Waals surface area contributed by atoms with E-state index in [-0.39, 0.29) is 0 Å². The largest absolute Gasteiger partial charge is 0.355 e. The lowest BCUT2D eigenvalue weighted by Gasteiger charge is -2.28. The molecule has 6 heteroatoms. The lowest BCUT2D eigenvalue weighted by molar-refractivity contribution is 0.574. The van der Waals surface area contributed by atoms with E-state index in [1.807, 2.05) is 49.3 Å². The van der Waals surface area contributed by atoms with E-state index in [1.54, 1.807) is 6.20 Å². The minimum Gasteiger partial charge on any atom is -0.355 e. The number of hydrogen-bond donors (Lipinski definition) is 0. The molecule has 0 bridgehead atoms. The van der Waals surface area contributed by atoms with Crippen LogP contribution in [0.1, 0.15) is 19.3 Å². The van der Waals surface area contributed by atoms with Gasteiger partial charge in [0.1, 0.15) is 0 Å². The molecule has 3 aromatic rings. The van der Waals surface area contributed by atoms with Crippen molar-refractivity contribution < 1.29 is 0 Å². The molecule has 0 unspecified atom stereocenters. The molecule has 0 amide bonds. The SMILES string of the molecule is CN(C)c1nc(N2CCCCC2)c2nc(-c3ccccc3)cnc2n1. The number of piperidine rings is 1. The van der Waals surface area contributed by atoms with E-state index in [0.29, 0.717) is 11.6 Å². The summed E-state index contributed by atoms with van der Waals surface area (Å²) in [4.78, 5) is 23.1. The summed E-state index contributed by atoms with van der Waals surface area (Å²) in [6.45, 7) is 2.02. The van der Waals surface area contributed by atoms with E-state index in [1.165, 1.54) is 19.3 Å². The fraction of sp³-hybridized carbons (Fsp3) is 0.368. The first-order valence-corrected chi connectivity index (χ1v) is 8.75. The summed E-state index contributed by atoms with van der Waals surface area (Å²) in [6.07, 6.45) is 5.45. The van der Waals surface area contributed by atoms with Crippen LogP contribution in [0, 0.1) is 0 Å². The molecule has 0 spiro atoms. The van der Waals surface area contributed by atoms with Crippen LogP contribution < -0.4 is 9.80 Å². The number of aromatic nitrogens is 4. The van der Waals surface area contributed by atoms with Crippen molar-refractivity contribution in [3.8, 4) is 11.3 Å². The number of hydrogen-bond acceptors (Lipinski definition) is 6. The second-order valence-electron chi connectivity index (χ2n) is 6.58. The molecule has 0 N–H and O–H groups in total. The Labute approximate surface area is 147 Å². The average molecular weight is 334 g/mol. The van der Waals surface area contributed by atoms with Crippen molar-refractivity contribution in [2.45, 2.75) is 19.3 Å². The van der Waals surface area contributed by atoms with Gasteiger partial charge in [-0.25, -0.2) is 9.97 Å². The summed E-state index contributed by atoms with van der Waals surface area (Å²) < 4.78 is 0. The van der Waals surface area contributed by atoms with Gasteiger partial charge in [0.2, 0.25) is 5.95 Å². The van der Waals surface area contributed by atoms with Gasteiger partial charge in [0.05, 0.1) is 11.9 Å². The van der Waals surface area contributed by atoms with Crippen molar-refractivity contribution in [3.63, 3.8) is 0 Å². The smallest absolute Gasteiger partial charge is 0.228 e. The summed E-state index contributed by atoms with van der Waals surface area (Å²) in [5.74, 6) is 1.58. The van der Waals surface area contributed by atoms with Gasteiger partial charge in [-0.15, -0.1) is 0 Å². The van der Waals surface area contributed by atoms with E-state index >= 15 is 0 Å². The quantitative estimate of drug-likeness (QED) is 0.733. The van der Waals surface area contributed by atoms with E-state index < -0.39 is 0 Å². The first-order chi connectivity index (χ1) is 12.2. The first-order valence-electron chi connectivity index (χ1n) is 8.75. The maximum atomic E-state index is 4.87. The zero-order chi connectivity index (χ0) is 17.2. The Hall–Kier alpha value is -2.76.